The molecule has 20 rings (SSSR count). The van der Waals surface area contributed by atoms with Crippen molar-refractivity contribution in [3.8, 4) is 124 Å². The Hall–Kier alpha value is -11.5. The predicted molar refractivity (Wildman–Crippen MR) is 563 cm³/mol. The lowest BCUT2D eigenvalue weighted by atomic mass is 10.1. The van der Waals surface area contributed by atoms with Gasteiger partial charge in [0.15, 0.2) is 28.0 Å². The van der Waals surface area contributed by atoms with Crippen LogP contribution in [0.4, 0.5) is 0 Å². The molecular formula is C108H76Br5I3N10. The molecule has 0 unspecified atom stereocenters. The van der Waals surface area contributed by atoms with Gasteiger partial charge in [0.25, 0.3) is 0 Å². The van der Waals surface area contributed by atoms with E-state index in [4.69, 9.17) is 4.98 Å². The molecule has 18 heteroatoms. The molecule has 0 aliphatic heterocycles. The van der Waals surface area contributed by atoms with Gasteiger partial charge in [-0.3, -0.25) is 0 Å². The minimum absolute atomic E-state index is 0.542. The summed E-state index contributed by atoms with van der Waals surface area (Å²) in [6, 6.07) is 153. The van der Waals surface area contributed by atoms with Crippen LogP contribution in [0, 0.1) is 10.7 Å². The molecule has 0 amide bonds. The molecule has 0 radical (unpaired) electrons. The van der Waals surface area contributed by atoms with Crippen molar-refractivity contribution in [1.29, 1.82) is 0 Å². The topological polar surface area (TPSA) is 129 Å². The van der Waals surface area contributed by atoms with E-state index in [1.54, 1.807) is 6.20 Å². The van der Waals surface area contributed by atoms with Gasteiger partial charge in [-0.25, -0.2) is 49.8 Å². The Morgan fingerprint density at radius 2 is 0.500 bits per heavy atom. The standard InChI is InChI=1S/C17H12BrN.3C16H11BrN2.C15H10BrN3.C12H9I.C10H7I.C6H5I/c18-15-11-16(13-7-3-1-4-8-13)19-17(12-15)14-9-5-2-6-10-14;17-14-11-18-16(13-9-5-2-6-10-13)19-15(14)12-7-3-1-4-8-12;17-15-11-14(12-7-3-1-4-8-12)18-16(19-15)13-9-5-2-6-10-13;17-16-18-14(12-7-3-1-4-8-12)11-15(19-16)13-9-5-2-6-10-13;16-15-18-13(11-7-3-1-4-8-11)17-14(19-15)12-9-5-2-6-10-12;13-12-8-6-11(7-9-12)10-4-2-1-3-5-10;11-10-7-3-5-8-4-1-2-6-9(8)10;7-6-4-2-1-3-5-6/h1-12H;3*1-11H;1-10H;1-9H;1-7H;1-5H. The van der Waals surface area contributed by atoms with Crippen molar-refractivity contribution in [2.75, 3.05) is 0 Å². The average Bonchev–Trinajstić information content (AvgIpc) is 0.931. The van der Waals surface area contributed by atoms with Crippen molar-refractivity contribution in [3.63, 3.8) is 0 Å². The molecule has 0 aliphatic carbocycles. The number of hydrogen-bond acceptors (Lipinski definition) is 10. The zero-order valence-corrected chi connectivity index (χ0v) is 81.8. The van der Waals surface area contributed by atoms with E-state index in [1.807, 2.05) is 328 Å². The highest BCUT2D eigenvalue weighted by Crippen LogP contribution is 2.33. The van der Waals surface area contributed by atoms with E-state index >= 15 is 0 Å². The van der Waals surface area contributed by atoms with Gasteiger partial charge in [0.05, 0.1) is 38.6 Å². The highest BCUT2D eigenvalue weighted by Gasteiger charge is 2.14. The number of nitrogens with zero attached hydrogens (tertiary/aromatic N) is 10. The number of hydrogen-bond donors (Lipinski definition) is 0. The van der Waals surface area contributed by atoms with Gasteiger partial charge in [-0.2, -0.15) is 0 Å². The predicted octanol–water partition coefficient (Wildman–Crippen LogP) is 32.6. The third kappa shape index (κ3) is 28.8. The van der Waals surface area contributed by atoms with Crippen LogP contribution in [0.1, 0.15) is 0 Å². The summed E-state index contributed by atoms with van der Waals surface area (Å²) in [5, 5.41) is 2.66. The Kier molecular flexibility index (Phi) is 36.2. The van der Waals surface area contributed by atoms with E-state index < -0.39 is 0 Å². The number of benzene rings is 15. The van der Waals surface area contributed by atoms with Gasteiger partial charge in [0.2, 0.25) is 4.73 Å². The number of pyridine rings is 1. The van der Waals surface area contributed by atoms with E-state index in [1.165, 1.54) is 32.6 Å². The monoisotopic (exact) mass is 2290 g/mol. The minimum Gasteiger partial charge on any atom is -0.248 e. The highest BCUT2D eigenvalue weighted by atomic mass is 127. The Morgan fingerprint density at radius 3 is 0.889 bits per heavy atom. The molecule has 0 saturated heterocycles. The molecule has 614 valence electrons. The summed E-state index contributed by atoms with van der Waals surface area (Å²) in [6.45, 7) is 0. The third-order valence-electron chi connectivity index (χ3n) is 18.5. The van der Waals surface area contributed by atoms with Crippen LogP contribution in [0.2, 0.25) is 0 Å². The molecule has 10 nitrogen and oxygen atoms in total. The van der Waals surface area contributed by atoms with Gasteiger partial charge in [0.1, 0.15) is 4.60 Å². The van der Waals surface area contributed by atoms with Crippen molar-refractivity contribution in [1.82, 2.24) is 49.8 Å². The SMILES string of the molecule is Brc1cc(-c2ccccc2)nc(-c2ccccc2)c1.Brc1cc(-c2ccccc2)nc(-c2ccccc2)n1.Brc1cnc(-c2ccccc2)nc1-c1ccccc1.Brc1nc(-c2ccccc2)cc(-c2ccccc2)n1.Brc1nc(-c2ccccc2)nc(-c2ccccc2)n1.Ic1ccc(-c2ccccc2)cc1.Ic1cccc2ccccc12.Ic1ccccc1. The van der Waals surface area contributed by atoms with Crippen molar-refractivity contribution in [3.05, 3.63) is 495 Å². The van der Waals surface area contributed by atoms with Crippen molar-refractivity contribution in [2.24, 2.45) is 0 Å². The fourth-order valence-corrected chi connectivity index (χ4v) is 15.8. The van der Waals surface area contributed by atoms with Gasteiger partial charge < -0.3 is 0 Å². The van der Waals surface area contributed by atoms with Crippen LogP contribution < -0.4 is 0 Å². The first-order chi connectivity index (χ1) is 61.8. The highest BCUT2D eigenvalue weighted by molar-refractivity contribution is 14.1. The summed E-state index contributed by atoms with van der Waals surface area (Å²) in [6.07, 6.45) is 1.80. The summed E-state index contributed by atoms with van der Waals surface area (Å²) < 4.78 is 7.77. The van der Waals surface area contributed by atoms with E-state index in [-0.39, 0.29) is 0 Å². The van der Waals surface area contributed by atoms with Crippen LogP contribution in [-0.4, -0.2) is 49.8 Å². The van der Waals surface area contributed by atoms with Crippen LogP contribution in [0.15, 0.2) is 484 Å². The van der Waals surface area contributed by atoms with Crippen LogP contribution >= 0.6 is 147 Å². The maximum atomic E-state index is 4.74. The smallest absolute Gasteiger partial charge is 0.200 e. The first-order valence-electron chi connectivity index (χ1n) is 39.7. The van der Waals surface area contributed by atoms with Gasteiger partial charge in [-0.15, -0.1) is 0 Å². The Morgan fingerprint density at radius 1 is 0.198 bits per heavy atom. The van der Waals surface area contributed by atoms with Gasteiger partial charge in [-0.1, -0.05) is 416 Å². The molecule has 0 N–H and O–H groups in total. The second-order valence-corrected chi connectivity index (χ2v) is 34.9. The van der Waals surface area contributed by atoms with Crippen LogP contribution in [0.25, 0.3) is 135 Å². The number of aromatic nitrogens is 10. The number of fused-ring (bicyclic) bond motifs is 1. The summed E-state index contributed by atoms with van der Waals surface area (Å²) >= 11 is 24.2. The summed E-state index contributed by atoms with van der Waals surface area (Å²) in [7, 11) is 0. The van der Waals surface area contributed by atoms with Crippen molar-refractivity contribution >= 4 is 158 Å². The lowest BCUT2D eigenvalue weighted by molar-refractivity contribution is 1.03. The lowest BCUT2D eigenvalue weighted by Crippen LogP contribution is -1.97. The Balaban J connectivity index is 0.000000125. The molecule has 126 heavy (non-hydrogen) atoms. The van der Waals surface area contributed by atoms with Crippen molar-refractivity contribution < 1.29 is 0 Å². The lowest BCUT2D eigenvalue weighted by Gasteiger charge is -2.06. The molecule has 5 aromatic heterocycles. The molecule has 0 atom stereocenters. The van der Waals surface area contributed by atoms with Crippen molar-refractivity contribution in [2.45, 2.75) is 0 Å². The van der Waals surface area contributed by atoms with E-state index in [2.05, 4.69) is 320 Å². The molecule has 0 aliphatic rings. The second-order valence-electron chi connectivity index (χ2n) is 27.3. The fraction of sp³-hybridized carbons (Fsp3) is 0. The molecule has 0 bridgehead atoms. The Bertz CT molecular complexity index is 5970. The Labute approximate surface area is 818 Å². The first kappa shape index (κ1) is 92.2. The van der Waals surface area contributed by atoms with Gasteiger partial charge >= 0.3 is 0 Å². The first-order valence-corrected chi connectivity index (χ1v) is 46.9. The summed E-state index contributed by atoms with van der Waals surface area (Å²) in [5.41, 5.74) is 18.8. The fourth-order valence-electron chi connectivity index (χ4n) is 12.4. The quantitative estimate of drug-likeness (QED) is 0.0701. The third-order valence-corrected chi connectivity index (χ3v) is 23.0. The molecule has 0 saturated carbocycles. The normalized spacial score (nSPS) is 10.2. The molecular weight excluding hydrogens is 2220 g/mol. The zero-order valence-electron chi connectivity index (χ0n) is 67.4. The zero-order chi connectivity index (χ0) is 87.3. The molecule has 15 aromatic carbocycles. The average molecular weight is 2290 g/mol. The molecule has 5 heterocycles. The van der Waals surface area contributed by atoms with Gasteiger partial charge in [-0.05, 0) is 208 Å². The van der Waals surface area contributed by atoms with E-state index in [0.717, 1.165) is 115 Å². The van der Waals surface area contributed by atoms with E-state index in [9.17, 15) is 0 Å². The van der Waals surface area contributed by atoms with Crippen LogP contribution in [0.5, 0.6) is 0 Å². The molecule has 20 aromatic rings. The maximum absolute atomic E-state index is 4.74. The number of rotatable bonds is 11. The largest absolute Gasteiger partial charge is 0.248 e. The van der Waals surface area contributed by atoms with Crippen LogP contribution in [0.3, 0.4) is 0 Å². The molecule has 0 fully saturated rings. The number of halogens is 8. The summed E-state index contributed by atoms with van der Waals surface area (Å²) in [5.74, 6) is 2.80. The maximum Gasteiger partial charge on any atom is 0.200 e. The second kappa shape index (κ2) is 49.5. The van der Waals surface area contributed by atoms with Crippen LogP contribution in [-0.2, 0) is 0 Å². The van der Waals surface area contributed by atoms with E-state index in [0.29, 0.717) is 21.1 Å². The minimum atomic E-state index is 0.542. The van der Waals surface area contributed by atoms with Gasteiger partial charge in [0, 0.05) is 77.0 Å². The summed E-state index contributed by atoms with van der Waals surface area (Å²) in [4.78, 5) is 44.9. The molecule has 0 spiro atoms.